The average Bonchev–Trinajstić information content (AvgIpc) is 3.11. The van der Waals surface area contributed by atoms with Crippen LogP contribution < -0.4 is 0 Å². The van der Waals surface area contributed by atoms with Crippen LogP contribution >= 0.6 is 7.60 Å². The molecule has 0 spiro atoms. The Labute approximate surface area is 158 Å². The maximum absolute atomic E-state index is 10.8. The fourth-order valence-electron chi connectivity index (χ4n) is 2.52. The van der Waals surface area contributed by atoms with Crippen molar-refractivity contribution in [2.24, 2.45) is 0 Å². The molecule has 2 aromatic rings. The summed E-state index contributed by atoms with van der Waals surface area (Å²) in [6, 6.07) is 0. The summed E-state index contributed by atoms with van der Waals surface area (Å²) < 4.78 is 17.8. The first-order valence-corrected chi connectivity index (χ1v) is 8.52. The van der Waals surface area contributed by atoms with Gasteiger partial charge in [-0.05, 0) is 24.1 Å². The molecule has 1 radical (unpaired) electrons. The first-order valence-electron chi connectivity index (χ1n) is 6.72. The molecule has 10 heteroatoms. The molecule has 1 aliphatic rings. The van der Waals surface area contributed by atoms with Crippen molar-refractivity contribution in [2.45, 2.75) is 25.3 Å². The number of aryl methyl sites for hydroxylation is 1. The molecule has 121 valence electrons. The number of fused-ring (bicyclic) bond motifs is 1. The van der Waals surface area contributed by atoms with Gasteiger partial charge in [0.25, 0.3) is 0 Å². The summed E-state index contributed by atoms with van der Waals surface area (Å²) in [4.78, 5) is 30.2. The number of nitrogens with zero attached hydrogens (tertiary/aromatic N) is 4. The second kappa shape index (κ2) is 6.78. The Hall–Kier alpha value is -0.496. The van der Waals surface area contributed by atoms with Gasteiger partial charge in [-0.15, -0.1) is 0 Å². The van der Waals surface area contributed by atoms with Crippen molar-refractivity contribution in [1.82, 2.24) is 19.5 Å². The van der Waals surface area contributed by atoms with Crippen LogP contribution in [0.25, 0.3) is 11.2 Å². The standard InChI is InChI=1S/C13H16N4O4P.Y/c1-9(5-21-8-22(18,19)20)13(3-4-13)17-7-16-11-10(2)14-6-15-12(11)17;/h7H,1,3-5,8H2,2H3,(H2,18,19,20);/q-1;. The third kappa shape index (κ3) is 3.78. The Morgan fingerprint density at radius 3 is 2.83 bits per heavy atom. The van der Waals surface area contributed by atoms with Gasteiger partial charge in [0, 0.05) is 50.2 Å². The third-order valence-electron chi connectivity index (χ3n) is 3.84. The first kappa shape index (κ1) is 18.8. The Balaban J connectivity index is 0.00000192. The summed E-state index contributed by atoms with van der Waals surface area (Å²) in [5.41, 5.74) is 2.55. The molecule has 0 aliphatic heterocycles. The fourth-order valence-corrected chi connectivity index (χ4v) is 2.85. The molecule has 3 rings (SSSR count). The van der Waals surface area contributed by atoms with Gasteiger partial charge in [0.2, 0.25) is 0 Å². The van der Waals surface area contributed by atoms with Crippen LogP contribution in [0, 0.1) is 13.3 Å². The molecule has 2 N–H and O–H groups in total. The van der Waals surface area contributed by atoms with Gasteiger partial charge in [-0.3, -0.25) is 9.55 Å². The molecule has 0 atom stereocenters. The van der Waals surface area contributed by atoms with Crippen LogP contribution in [0.5, 0.6) is 0 Å². The smallest absolute Gasteiger partial charge is 0.350 e. The third-order valence-corrected chi connectivity index (χ3v) is 4.36. The van der Waals surface area contributed by atoms with Crippen LogP contribution in [0.3, 0.4) is 0 Å². The maximum atomic E-state index is 10.8. The van der Waals surface area contributed by atoms with Gasteiger partial charge in [-0.2, -0.15) is 0 Å². The molecule has 2 heterocycles. The van der Waals surface area contributed by atoms with E-state index in [0.29, 0.717) is 11.2 Å². The zero-order chi connectivity index (χ0) is 16.0. The topological polar surface area (TPSA) is 110 Å². The number of hydrogen-bond donors (Lipinski definition) is 2. The minimum absolute atomic E-state index is 0. The molecule has 0 bridgehead atoms. The molecule has 1 aliphatic carbocycles. The zero-order valence-corrected chi connectivity index (χ0v) is 16.4. The Bertz CT molecular complexity index is 783. The molecule has 0 aromatic carbocycles. The molecule has 1 fully saturated rings. The van der Waals surface area contributed by atoms with E-state index >= 15 is 0 Å². The number of rotatable bonds is 6. The van der Waals surface area contributed by atoms with E-state index in [0.717, 1.165) is 24.1 Å². The van der Waals surface area contributed by atoms with Crippen LogP contribution in [0.15, 0.2) is 18.5 Å². The van der Waals surface area contributed by atoms with Gasteiger partial charge >= 0.3 is 7.60 Å². The van der Waals surface area contributed by atoms with Gasteiger partial charge < -0.3 is 29.1 Å². The second-order valence-corrected chi connectivity index (χ2v) is 7.06. The van der Waals surface area contributed by atoms with E-state index in [1.165, 1.54) is 0 Å². The quantitative estimate of drug-likeness (QED) is 0.416. The summed E-state index contributed by atoms with van der Waals surface area (Å²) >= 11 is 0. The van der Waals surface area contributed by atoms with Gasteiger partial charge in [0.1, 0.15) is 6.35 Å². The normalized spacial score (nSPS) is 16.1. The van der Waals surface area contributed by atoms with E-state index in [4.69, 9.17) is 14.5 Å². The zero-order valence-electron chi connectivity index (χ0n) is 12.6. The van der Waals surface area contributed by atoms with Gasteiger partial charge in [-0.1, -0.05) is 13.5 Å². The van der Waals surface area contributed by atoms with Crippen LogP contribution in [-0.2, 0) is 47.6 Å². The minimum Gasteiger partial charge on any atom is -0.369 e. The predicted octanol–water partition coefficient (Wildman–Crippen LogP) is 1.13. The summed E-state index contributed by atoms with van der Waals surface area (Å²) in [6.45, 7) is 5.94. The molecule has 0 unspecified atom stereocenters. The van der Waals surface area contributed by atoms with E-state index in [-0.39, 0.29) is 44.9 Å². The van der Waals surface area contributed by atoms with Crippen molar-refractivity contribution in [3.63, 3.8) is 0 Å². The molecule has 1 saturated carbocycles. The Kier molecular flexibility index (Phi) is 5.56. The SMILES string of the molecule is C=C(COCP(=O)(O)O)C1(n2cnc3c(C)n[c-]nc32)CC1.[Y]. The summed E-state index contributed by atoms with van der Waals surface area (Å²) in [7, 11) is -4.17. The number of imidazole rings is 1. The average molecular weight is 412 g/mol. The molecule has 8 nitrogen and oxygen atoms in total. The first-order chi connectivity index (χ1) is 10.3. The van der Waals surface area contributed by atoms with E-state index in [2.05, 4.69) is 27.9 Å². The molecule has 2 aromatic heterocycles. The molecule has 23 heavy (non-hydrogen) atoms. The van der Waals surface area contributed by atoms with Crippen molar-refractivity contribution >= 4 is 18.8 Å². The Morgan fingerprint density at radius 2 is 2.22 bits per heavy atom. The van der Waals surface area contributed by atoms with Crippen LogP contribution in [0.1, 0.15) is 18.5 Å². The maximum Gasteiger partial charge on any atom is 0.350 e. The summed E-state index contributed by atoms with van der Waals surface area (Å²) in [5.74, 6) is 0. The van der Waals surface area contributed by atoms with Crippen molar-refractivity contribution in [2.75, 3.05) is 13.0 Å². The van der Waals surface area contributed by atoms with Gasteiger partial charge in [-0.25, -0.2) is 0 Å². The van der Waals surface area contributed by atoms with E-state index < -0.39 is 13.9 Å². The van der Waals surface area contributed by atoms with Crippen molar-refractivity contribution in [3.05, 3.63) is 30.5 Å². The second-order valence-electron chi connectivity index (χ2n) is 5.47. The molecular weight excluding hydrogens is 396 g/mol. The van der Waals surface area contributed by atoms with Gasteiger partial charge in [0.05, 0.1) is 18.5 Å². The fraction of sp³-hybridized carbons (Fsp3) is 0.462. The van der Waals surface area contributed by atoms with Crippen LogP contribution in [0.2, 0.25) is 0 Å². The van der Waals surface area contributed by atoms with E-state index in [1.807, 2.05) is 11.5 Å². The van der Waals surface area contributed by atoms with Crippen LogP contribution in [-0.4, -0.2) is 42.3 Å². The predicted molar refractivity (Wildman–Crippen MR) is 78.1 cm³/mol. The number of hydrogen-bond acceptors (Lipinski definition) is 5. The number of ether oxygens (including phenoxy) is 1. The molecular formula is C13H16N4O4PY-. The van der Waals surface area contributed by atoms with Crippen molar-refractivity contribution in [3.8, 4) is 0 Å². The molecule has 0 amide bonds. The monoisotopic (exact) mass is 412 g/mol. The van der Waals surface area contributed by atoms with Crippen molar-refractivity contribution in [1.29, 1.82) is 0 Å². The Morgan fingerprint density at radius 1 is 1.52 bits per heavy atom. The molecule has 0 saturated heterocycles. The van der Waals surface area contributed by atoms with E-state index in [1.54, 1.807) is 6.33 Å². The minimum atomic E-state index is -4.17. The summed E-state index contributed by atoms with van der Waals surface area (Å²) in [5, 5.41) is 0. The number of aromatic nitrogens is 4. The van der Waals surface area contributed by atoms with E-state index in [9.17, 15) is 4.57 Å². The van der Waals surface area contributed by atoms with Crippen LogP contribution in [0.4, 0.5) is 0 Å². The van der Waals surface area contributed by atoms with Gasteiger partial charge in [0.15, 0.2) is 0 Å². The largest absolute Gasteiger partial charge is 0.369 e. The summed E-state index contributed by atoms with van der Waals surface area (Å²) in [6.07, 6.45) is 5.42. The van der Waals surface area contributed by atoms with Crippen molar-refractivity contribution < 1.29 is 51.8 Å².